The van der Waals surface area contributed by atoms with E-state index < -0.39 is 0 Å². The highest BCUT2D eigenvalue weighted by Gasteiger charge is 2.35. The van der Waals surface area contributed by atoms with Gasteiger partial charge in [-0.05, 0) is 43.5 Å². The average molecular weight is 380 g/mol. The third kappa shape index (κ3) is 4.79. The second kappa shape index (κ2) is 10.0. The van der Waals surface area contributed by atoms with Crippen molar-refractivity contribution in [2.45, 2.75) is 51.2 Å². The van der Waals surface area contributed by atoms with Crippen LogP contribution in [0.4, 0.5) is 0 Å². The first kappa shape index (κ1) is 20.1. The lowest BCUT2D eigenvalue weighted by atomic mass is 9.93. The first-order valence-corrected chi connectivity index (χ1v) is 10.6. The van der Waals surface area contributed by atoms with Gasteiger partial charge in [-0.2, -0.15) is 0 Å². The van der Waals surface area contributed by atoms with Gasteiger partial charge in [0.05, 0.1) is 13.2 Å². The fourth-order valence-electron chi connectivity index (χ4n) is 4.69. The molecule has 0 spiro atoms. The van der Waals surface area contributed by atoms with Crippen LogP contribution in [0.1, 0.15) is 44.7 Å². The molecule has 4 nitrogen and oxygen atoms in total. The quantitative estimate of drug-likeness (QED) is 0.725. The van der Waals surface area contributed by atoms with Gasteiger partial charge in [-0.3, -0.25) is 4.90 Å². The molecule has 0 amide bonds. The molecule has 1 aromatic carbocycles. The number of morpholine rings is 1. The molecule has 2 aliphatic rings. The third-order valence-corrected chi connectivity index (χ3v) is 6.47. The van der Waals surface area contributed by atoms with E-state index in [1.807, 2.05) is 12.1 Å². The minimum absolute atomic E-state index is 0.315. The molecular formula is C21H34ClN3O. The predicted molar refractivity (Wildman–Crippen MR) is 109 cm³/mol. The molecule has 5 heteroatoms. The number of hydrogen-bond donors (Lipinski definition) is 2. The van der Waals surface area contributed by atoms with E-state index in [1.54, 1.807) is 0 Å². The highest BCUT2D eigenvalue weighted by Crippen LogP contribution is 2.31. The molecule has 2 N–H and O–H groups in total. The van der Waals surface area contributed by atoms with Gasteiger partial charge >= 0.3 is 0 Å². The first-order chi connectivity index (χ1) is 12.7. The van der Waals surface area contributed by atoms with Crippen molar-refractivity contribution in [1.82, 2.24) is 15.5 Å². The summed E-state index contributed by atoms with van der Waals surface area (Å²) in [6.07, 6.45) is 3.86. The Balaban J connectivity index is 1.67. The summed E-state index contributed by atoms with van der Waals surface area (Å²) >= 11 is 6.54. The summed E-state index contributed by atoms with van der Waals surface area (Å²) in [5, 5.41) is 8.45. The number of ether oxygens (including phenoxy) is 1. The van der Waals surface area contributed by atoms with Crippen LogP contribution in [0.15, 0.2) is 24.3 Å². The molecule has 26 heavy (non-hydrogen) atoms. The molecule has 0 aromatic heterocycles. The Morgan fingerprint density at radius 1 is 1.27 bits per heavy atom. The summed E-state index contributed by atoms with van der Waals surface area (Å²) in [6, 6.07) is 9.67. The molecule has 1 heterocycles. The summed E-state index contributed by atoms with van der Waals surface area (Å²) in [6.45, 7) is 10.1. The number of nitrogens with one attached hydrogen (secondary N) is 2. The van der Waals surface area contributed by atoms with E-state index in [2.05, 4.69) is 41.5 Å². The second-order valence-corrected chi connectivity index (χ2v) is 7.91. The summed E-state index contributed by atoms with van der Waals surface area (Å²) in [5.74, 6) is 0.666. The largest absolute Gasteiger partial charge is 0.379 e. The summed E-state index contributed by atoms with van der Waals surface area (Å²) in [5.41, 5.74) is 1.24. The summed E-state index contributed by atoms with van der Waals surface area (Å²) in [7, 11) is 0. The number of hydrogen-bond acceptors (Lipinski definition) is 4. The van der Waals surface area contributed by atoms with Crippen molar-refractivity contribution in [2.24, 2.45) is 5.92 Å². The maximum absolute atomic E-state index is 6.54. The molecule has 0 bridgehead atoms. The fraction of sp³-hybridized carbons (Fsp3) is 0.714. The maximum atomic E-state index is 6.54. The monoisotopic (exact) mass is 379 g/mol. The summed E-state index contributed by atoms with van der Waals surface area (Å²) < 4.78 is 5.71. The molecule has 2 fully saturated rings. The first-order valence-electron chi connectivity index (χ1n) is 10.3. The number of nitrogens with zero attached hydrogens (tertiary/aromatic N) is 1. The van der Waals surface area contributed by atoms with Crippen LogP contribution in [0.25, 0.3) is 0 Å². The molecule has 1 aromatic rings. The molecule has 3 rings (SSSR count). The van der Waals surface area contributed by atoms with Gasteiger partial charge in [-0.1, -0.05) is 50.1 Å². The van der Waals surface area contributed by atoms with E-state index in [9.17, 15) is 0 Å². The summed E-state index contributed by atoms with van der Waals surface area (Å²) in [4.78, 5) is 2.50. The minimum Gasteiger partial charge on any atom is -0.379 e. The smallest absolute Gasteiger partial charge is 0.0623 e. The van der Waals surface area contributed by atoms with Crippen molar-refractivity contribution >= 4 is 11.6 Å². The Morgan fingerprint density at radius 3 is 2.77 bits per heavy atom. The van der Waals surface area contributed by atoms with Gasteiger partial charge in [0.2, 0.25) is 0 Å². The van der Waals surface area contributed by atoms with Crippen molar-refractivity contribution in [3.63, 3.8) is 0 Å². The van der Waals surface area contributed by atoms with Crippen LogP contribution < -0.4 is 10.6 Å². The van der Waals surface area contributed by atoms with Gasteiger partial charge < -0.3 is 15.4 Å². The van der Waals surface area contributed by atoms with Gasteiger partial charge in [0.25, 0.3) is 0 Å². The Morgan fingerprint density at radius 2 is 2.08 bits per heavy atom. The number of benzene rings is 1. The maximum Gasteiger partial charge on any atom is 0.0623 e. The molecule has 4 atom stereocenters. The number of halogens is 1. The standard InChI is InChI=1S/C21H34ClN3O/c1-3-25(4-2)21(16-8-5-6-10-18(16)22)14-24-19-11-7-9-17(19)20-15-26-13-12-23-20/h5-6,8,10,17,19-21,23-24H,3-4,7,9,11-15H2,1-2H3. The van der Waals surface area contributed by atoms with Crippen LogP contribution in [0.3, 0.4) is 0 Å². The molecule has 1 saturated carbocycles. The predicted octanol–water partition coefficient (Wildman–Crippen LogP) is 3.47. The fourth-order valence-corrected chi connectivity index (χ4v) is 4.95. The van der Waals surface area contributed by atoms with Crippen LogP contribution in [0, 0.1) is 5.92 Å². The van der Waals surface area contributed by atoms with E-state index in [0.29, 0.717) is 24.0 Å². The zero-order valence-electron chi connectivity index (χ0n) is 16.2. The highest BCUT2D eigenvalue weighted by atomic mass is 35.5. The van der Waals surface area contributed by atoms with Gasteiger partial charge in [-0.25, -0.2) is 0 Å². The zero-order chi connectivity index (χ0) is 18.4. The van der Waals surface area contributed by atoms with Gasteiger partial charge in [-0.15, -0.1) is 0 Å². The van der Waals surface area contributed by atoms with Crippen molar-refractivity contribution in [3.8, 4) is 0 Å². The van der Waals surface area contributed by atoms with E-state index in [-0.39, 0.29) is 0 Å². The van der Waals surface area contributed by atoms with Crippen LogP contribution in [0.5, 0.6) is 0 Å². The lowest BCUT2D eigenvalue weighted by Crippen LogP contribution is -2.51. The van der Waals surface area contributed by atoms with E-state index in [4.69, 9.17) is 16.3 Å². The average Bonchev–Trinajstić information content (AvgIpc) is 3.15. The Hall–Kier alpha value is -0.650. The normalized spacial score (nSPS) is 27.8. The molecule has 146 valence electrons. The number of rotatable bonds is 8. The Bertz CT molecular complexity index is 546. The molecule has 1 aliphatic carbocycles. The lowest BCUT2D eigenvalue weighted by molar-refractivity contribution is 0.0518. The molecule has 4 unspecified atom stereocenters. The van der Waals surface area contributed by atoms with Gasteiger partial charge in [0.15, 0.2) is 0 Å². The lowest BCUT2D eigenvalue weighted by Gasteiger charge is -2.35. The number of likely N-dealkylation sites (N-methyl/N-ethyl adjacent to an activating group) is 1. The van der Waals surface area contributed by atoms with Crippen molar-refractivity contribution in [1.29, 1.82) is 0 Å². The molecule has 1 saturated heterocycles. The minimum atomic E-state index is 0.315. The molecule has 1 aliphatic heterocycles. The van der Waals surface area contributed by atoms with Crippen molar-refractivity contribution in [2.75, 3.05) is 39.4 Å². The van der Waals surface area contributed by atoms with E-state index >= 15 is 0 Å². The van der Waals surface area contributed by atoms with Gasteiger partial charge in [0, 0.05) is 36.2 Å². The highest BCUT2D eigenvalue weighted by molar-refractivity contribution is 6.31. The Kier molecular flexibility index (Phi) is 7.77. The van der Waals surface area contributed by atoms with E-state index in [1.165, 1.54) is 24.8 Å². The third-order valence-electron chi connectivity index (χ3n) is 6.13. The van der Waals surface area contributed by atoms with E-state index in [0.717, 1.165) is 44.4 Å². The zero-order valence-corrected chi connectivity index (χ0v) is 17.0. The Labute approximate surface area is 163 Å². The SMILES string of the molecule is CCN(CC)C(CNC1CCCC1C1COCCN1)c1ccccc1Cl. The molecular weight excluding hydrogens is 346 g/mol. The van der Waals surface area contributed by atoms with Crippen LogP contribution in [-0.4, -0.2) is 56.4 Å². The van der Waals surface area contributed by atoms with Crippen LogP contribution in [0.2, 0.25) is 5.02 Å². The second-order valence-electron chi connectivity index (χ2n) is 7.50. The van der Waals surface area contributed by atoms with Crippen molar-refractivity contribution < 1.29 is 4.74 Å². The topological polar surface area (TPSA) is 36.5 Å². The van der Waals surface area contributed by atoms with Gasteiger partial charge in [0.1, 0.15) is 0 Å². The van der Waals surface area contributed by atoms with Crippen LogP contribution in [-0.2, 0) is 4.74 Å². The van der Waals surface area contributed by atoms with Crippen molar-refractivity contribution in [3.05, 3.63) is 34.9 Å². The van der Waals surface area contributed by atoms with Crippen LogP contribution >= 0.6 is 11.6 Å². The molecule has 0 radical (unpaired) electrons.